The van der Waals surface area contributed by atoms with Gasteiger partial charge in [0.2, 0.25) is 0 Å². The van der Waals surface area contributed by atoms with Gasteiger partial charge in [-0.15, -0.1) is 0 Å². The van der Waals surface area contributed by atoms with Crippen LogP contribution in [0.3, 0.4) is 0 Å². The van der Waals surface area contributed by atoms with Crippen molar-refractivity contribution in [3.63, 3.8) is 0 Å². The number of nitrogens with one attached hydrogen (secondary N) is 1. The van der Waals surface area contributed by atoms with Crippen molar-refractivity contribution in [1.29, 1.82) is 5.41 Å². The standard InChI is InChI=1S/C27H24FN3O4/c28-18-2-4-19(5-3-18)31-23-12-17(14-29)22(30)13-20(23)25(26(31)15-7-9-35-10-8-15)16-1-6-24(32)21(11-16)27(33)34/h1-6,11-15,29,32H,7-10,30H2,(H,33,34). The van der Waals surface area contributed by atoms with Gasteiger partial charge in [0.15, 0.2) is 0 Å². The zero-order chi connectivity index (χ0) is 24.7. The molecule has 1 fully saturated rings. The largest absolute Gasteiger partial charge is 0.507 e. The molecule has 5 N–H and O–H groups in total. The minimum Gasteiger partial charge on any atom is -0.507 e. The van der Waals surface area contributed by atoms with Crippen LogP contribution in [0.1, 0.15) is 40.4 Å². The molecule has 0 unspecified atom stereocenters. The van der Waals surface area contributed by atoms with Crippen molar-refractivity contribution in [3.05, 3.63) is 77.2 Å². The lowest BCUT2D eigenvalue weighted by molar-refractivity contribution is 0.0693. The summed E-state index contributed by atoms with van der Waals surface area (Å²) in [6.45, 7) is 1.16. The highest BCUT2D eigenvalue weighted by Gasteiger charge is 2.29. The van der Waals surface area contributed by atoms with E-state index in [1.165, 1.54) is 30.5 Å². The Morgan fingerprint density at radius 2 is 1.83 bits per heavy atom. The zero-order valence-electron chi connectivity index (χ0n) is 18.8. The first-order valence-corrected chi connectivity index (χ1v) is 11.3. The van der Waals surface area contributed by atoms with E-state index >= 15 is 0 Å². The maximum atomic E-state index is 13.8. The normalized spacial score (nSPS) is 14.3. The fourth-order valence-electron chi connectivity index (χ4n) is 4.90. The molecule has 1 aliphatic heterocycles. The number of phenols is 1. The monoisotopic (exact) mass is 473 g/mol. The molecule has 0 radical (unpaired) electrons. The summed E-state index contributed by atoms with van der Waals surface area (Å²) in [5, 5.41) is 28.3. The Bertz CT molecular complexity index is 1450. The van der Waals surface area contributed by atoms with Gasteiger partial charge in [-0.3, -0.25) is 0 Å². The van der Waals surface area contributed by atoms with E-state index < -0.39 is 5.97 Å². The van der Waals surface area contributed by atoms with Crippen molar-refractivity contribution in [2.75, 3.05) is 18.9 Å². The van der Waals surface area contributed by atoms with Gasteiger partial charge in [-0.1, -0.05) is 6.07 Å². The highest BCUT2D eigenvalue weighted by Crippen LogP contribution is 2.45. The average molecular weight is 474 g/mol. The molecule has 0 amide bonds. The Kier molecular flexibility index (Phi) is 5.74. The Labute approximate surface area is 200 Å². The number of aromatic carboxylic acids is 1. The second kappa shape index (κ2) is 8.88. The summed E-state index contributed by atoms with van der Waals surface area (Å²) >= 11 is 0. The van der Waals surface area contributed by atoms with Gasteiger partial charge in [-0.05, 0) is 66.9 Å². The number of nitrogen functional groups attached to an aromatic ring is 1. The van der Waals surface area contributed by atoms with Crippen molar-refractivity contribution in [1.82, 2.24) is 4.57 Å². The number of nitrogens with zero attached hydrogens (tertiary/aromatic N) is 1. The van der Waals surface area contributed by atoms with Crippen LogP contribution in [0.4, 0.5) is 10.1 Å². The molecule has 5 rings (SSSR count). The second-order valence-corrected chi connectivity index (χ2v) is 8.64. The Morgan fingerprint density at radius 1 is 1.11 bits per heavy atom. The van der Waals surface area contributed by atoms with Gasteiger partial charge in [0, 0.05) is 58.9 Å². The molecule has 1 saturated heterocycles. The van der Waals surface area contributed by atoms with Crippen LogP contribution in [-0.2, 0) is 4.74 Å². The van der Waals surface area contributed by atoms with Crippen LogP contribution >= 0.6 is 0 Å². The summed E-state index contributed by atoms with van der Waals surface area (Å²) in [6.07, 6.45) is 2.69. The van der Waals surface area contributed by atoms with Crippen LogP contribution in [0, 0.1) is 11.2 Å². The molecule has 35 heavy (non-hydrogen) atoms. The summed E-state index contributed by atoms with van der Waals surface area (Å²) in [4.78, 5) is 11.8. The molecule has 3 aromatic carbocycles. The van der Waals surface area contributed by atoms with E-state index in [1.54, 1.807) is 24.3 Å². The molecule has 7 nitrogen and oxygen atoms in total. The van der Waals surface area contributed by atoms with Crippen LogP contribution in [0.15, 0.2) is 54.6 Å². The Balaban J connectivity index is 1.92. The quantitative estimate of drug-likeness (QED) is 0.231. The topological polar surface area (TPSA) is 122 Å². The maximum absolute atomic E-state index is 13.8. The van der Waals surface area contributed by atoms with Crippen molar-refractivity contribution in [2.24, 2.45) is 0 Å². The number of benzene rings is 3. The average Bonchev–Trinajstić information content (AvgIpc) is 3.18. The predicted octanol–water partition coefficient (Wildman–Crippen LogP) is 5.31. The predicted molar refractivity (Wildman–Crippen MR) is 132 cm³/mol. The van der Waals surface area contributed by atoms with Gasteiger partial charge in [-0.2, -0.15) is 0 Å². The minimum atomic E-state index is -1.23. The van der Waals surface area contributed by atoms with E-state index in [9.17, 15) is 19.4 Å². The molecule has 1 aromatic heterocycles. The van der Waals surface area contributed by atoms with Gasteiger partial charge >= 0.3 is 5.97 Å². The lowest BCUT2D eigenvalue weighted by Crippen LogP contribution is -2.17. The number of carbonyl (C=O) groups is 1. The van der Waals surface area contributed by atoms with Gasteiger partial charge in [-0.25, -0.2) is 9.18 Å². The number of fused-ring (bicyclic) bond motifs is 1. The second-order valence-electron chi connectivity index (χ2n) is 8.64. The van der Waals surface area contributed by atoms with Crippen molar-refractivity contribution in [3.8, 4) is 22.6 Å². The number of carboxylic acids is 1. The molecule has 0 spiro atoms. The number of carboxylic acid groups (broad SMARTS) is 1. The van der Waals surface area contributed by atoms with Gasteiger partial charge < -0.3 is 30.7 Å². The molecule has 178 valence electrons. The van der Waals surface area contributed by atoms with Crippen molar-refractivity contribution >= 4 is 28.8 Å². The first-order chi connectivity index (χ1) is 16.9. The fraction of sp³-hybridized carbons (Fsp3) is 0.185. The number of hydrogen-bond donors (Lipinski definition) is 4. The summed E-state index contributed by atoms with van der Waals surface area (Å²) in [7, 11) is 0. The number of rotatable bonds is 5. The number of aromatic nitrogens is 1. The maximum Gasteiger partial charge on any atom is 0.339 e. The molecule has 8 heteroatoms. The van der Waals surface area contributed by atoms with E-state index in [0.717, 1.165) is 40.7 Å². The molecule has 0 saturated carbocycles. The van der Waals surface area contributed by atoms with E-state index in [4.69, 9.17) is 15.9 Å². The first kappa shape index (κ1) is 22.6. The van der Waals surface area contributed by atoms with Gasteiger partial charge in [0.05, 0.1) is 5.52 Å². The number of hydrogen-bond acceptors (Lipinski definition) is 5. The molecule has 1 aliphatic rings. The number of nitrogens with two attached hydrogens (primary N) is 1. The van der Waals surface area contributed by atoms with Crippen molar-refractivity contribution in [2.45, 2.75) is 18.8 Å². The van der Waals surface area contributed by atoms with Gasteiger partial charge in [0.25, 0.3) is 0 Å². The number of ether oxygens (including phenoxy) is 1. The number of anilines is 1. The van der Waals surface area contributed by atoms with Crippen LogP contribution in [0.5, 0.6) is 5.75 Å². The molecular weight excluding hydrogens is 449 g/mol. The molecular formula is C27H24FN3O4. The Hall–Kier alpha value is -4.17. The first-order valence-electron chi connectivity index (χ1n) is 11.3. The third-order valence-corrected chi connectivity index (χ3v) is 6.57. The highest BCUT2D eigenvalue weighted by atomic mass is 19.1. The van der Waals surface area contributed by atoms with Crippen LogP contribution in [0.2, 0.25) is 0 Å². The number of aromatic hydroxyl groups is 1. The van der Waals surface area contributed by atoms with Gasteiger partial charge in [0.1, 0.15) is 17.1 Å². The van der Waals surface area contributed by atoms with Crippen LogP contribution in [0.25, 0.3) is 27.7 Å². The lowest BCUT2D eigenvalue weighted by Gasteiger charge is -2.26. The molecule has 0 atom stereocenters. The summed E-state index contributed by atoms with van der Waals surface area (Å²) in [5.74, 6) is -1.83. The third-order valence-electron chi connectivity index (χ3n) is 6.57. The fourth-order valence-corrected chi connectivity index (χ4v) is 4.90. The minimum absolute atomic E-state index is 0.0722. The highest BCUT2D eigenvalue weighted by molar-refractivity contribution is 6.05. The summed E-state index contributed by atoms with van der Waals surface area (Å²) in [6, 6.07) is 14.3. The van der Waals surface area contributed by atoms with Crippen LogP contribution in [-0.4, -0.2) is 40.2 Å². The number of halogens is 1. The Morgan fingerprint density at radius 3 is 2.49 bits per heavy atom. The molecule has 2 heterocycles. The molecule has 0 aliphatic carbocycles. The van der Waals surface area contributed by atoms with E-state index in [-0.39, 0.29) is 23.0 Å². The molecule has 0 bridgehead atoms. The van der Waals surface area contributed by atoms with Crippen molar-refractivity contribution < 1.29 is 24.1 Å². The van der Waals surface area contributed by atoms with Crippen LogP contribution < -0.4 is 5.73 Å². The summed E-state index contributed by atoms with van der Waals surface area (Å²) in [5.41, 5.74) is 10.9. The zero-order valence-corrected chi connectivity index (χ0v) is 18.8. The lowest BCUT2D eigenvalue weighted by atomic mass is 9.89. The van der Waals surface area contributed by atoms with E-state index in [1.807, 2.05) is 10.6 Å². The smallest absolute Gasteiger partial charge is 0.339 e. The summed E-state index contributed by atoms with van der Waals surface area (Å²) < 4.78 is 21.5. The van der Waals surface area contributed by atoms with E-state index in [2.05, 4.69) is 0 Å². The SMILES string of the molecule is N=Cc1cc2c(cc1N)c(-c1ccc(O)c(C(=O)O)c1)c(C1CCOCC1)n2-c1ccc(F)cc1. The van der Waals surface area contributed by atoms with E-state index in [0.29, 0.717) is 30.0 Å². The third kappa shape index (κ3) is 3.91. The molecule has 4 aromatic rings.